The average molecular weight is 995 g/mol. The molecule has 392 valence electrons. The van der Waals surface area contributed by atoms with Crippen LogP contribution in [0.25, 0.3) is 0 Å². The SMILES string of the molecule is C=C1C(=O)NC(C)C(=O)NC(CC(C)C)C(=O)NC(C(=O)O)C(C)C(=O)NC(CCCN=C(N)N)C(=O)NC(/C=C/C(C)=C/C(C)C(O)Cc2ccccc2)C(C)C(=O)N(C)C(C(=O)O)CCC(=O)N1C. The predicted octanol–water partition coefficient (Wildman–Crippen LogP) is 0.306. The van der Waals surface area contributed by atoms with E-state index >= 15 is 0 Å². The van der Waals surface area contributed by atoms with Gasteiger partial charge < -0.3 is 63.2 Å². The topological polar surface area (TPSA) is 345 Å². The number of hydrogen-bond donors (Lipinski definition) is 10. The second-order valence-corrected chi connectivity index (χ2v) is 18.5. The number of aliphatic hydroxyl groups excluding tert-OH is 1. The number of aliphatic imine (C=N–C) groups is 1. The first kappa shape index (κ1) is 60.0. The zero-order valence-electron chi connectivity index (χ0n) is 42.1. The van der Waals surface area contributed by atoms with Crippen molar-refractivity contribution in [3.63, 3.8) is 0 Å². The number of aliphatic carboxylic acids is 2. The van der Waals surface area contributed by atoms with Crippen molar-refractivity contribution in [2.45, 2.75) is 129 Å². The van der Waals surface area contributed by atoms with Crippen LogP contribution in [-0.4, -0.2) is 147 Å². The summed E-state index contributed by atoms with van der Waals surface area (Å²) in [4.78, 5) is 128. The molecule has 1 aromatic carbocycles. The van der Waals surface area contributed by atoms with Crippen molar-refractivity contribution in [3.8, 4) is 0 Å². The molecule has 1 fully saturated rings. The first-order chi connectivity index (χ1) is 33.2. The summed E-state index contributed by atoms with van der Waals surface area (Å²) in [5.41, 5.74) is 12.1. The molecular formula is C49H74N10O12. The van der Waals surface area contributed by atoms with E-state index in [1.54, 1.807) is 32.9 Å². The maximum absolute atomic E-state index is 14.4. The van der Waals surface area contributed by atoms with Crippen LogP contribution in [0, 0.1) is 23.7 Å². The Hall–Kier alpha value is -7.10. The van der Waals surface area contributed by atoms with Crippen LogP contribution in [-0.2, 0) is 49.6 Å². The highest BCUT2D eigenvalue weighted by Crippen LogP contribution is 2.19. The molecule has 22 nitrogen and oxygen atoms in total. The third-order valence-electron chi connectivity index (χ3n) is 12.1. The van der Waals surface area contributed by atoms with Gasteiger partial charge in [-0.15, -0.1) is 0 Å². The van der Waals surface area contributed by atoms with Crippen LogP contribution in [0.1, 0.15) is 86.1 Å². The molecule has 71 heavy (non-hydrogen) atoms. The lowest BCUT2D eigenvalue weighted by atomic mass is 9.94. The fourth-order valence-electron chi connectivity index (χ4n) is 7.55. The Labute approximate surface area is 415 Å². The number of guanidine groups is 1. The number of nitrogens with zero attached hydrogens (tertiary/aromatic N) is 3. The molecule has 1 aliphatic rings. The van der Waals surface area contributed by atoms with Gasteiger partial charge in [-0.1, -0.05) is 95.3 Å². The highest BCUT2D eigenvalue weighted by molar-refractivity contribution is 6.00. The van der Waals surface area contributed by atoms with Gasteiger partial charge in [-0.2, -0.15) is 0 Å². The van der Waals surface area contributed by atoms with E-state index in [-0.39, 0.29) is 43.6 Å². The normalized spacial score (nSPS) is 25.5. The number of carbonyl (C=O) groups is 9. The smallest absolute Gasteiger partial charge is 0.327 e. The standard InChI is InChI=1S/C49H74N10O12/c1-26(2)23-36-45(66)57-40(48(70)71)30(6)41(62)55-35(17-14-22-52-49(50)51)44(65)54-34(19-18-27(3)24-28(4)38(60)25-33-15-12-11-13-16-33)29(5)46(67)59(10)37(47(68)69)20-21-39(61)58(9)32(8)43(64)53-31(7)42(63)56-36/h11-13,15-16,18-19,24,26,28-31,34-38,40,60H,8,14,17,20-23,25H2,1-7,9-10H3,(H,53,64)(H,54,65)(H,55,62)(H,56,63)(H,57,66)(H,68,69)(H,70,71)(H4,50,51,52)/b19-18+,27-24+. The number of aliphatic hydroxyl groups is 1. The third-order valence-corrected chi connectivity index (χ3v) is 12.1. The molecule has 0 aromatic heterocycles. The highest BCUT2D eigenvalue weighted by Gasteiger charge is 2.38. The van der Waals surface area contributed by atoms with Crippen LogP contribution in [0.4, 0.5) is 0 Å². The van der Waals surface area contributed by atoms with Crippen molar-refractivity contribution in [1.29, 1.82) is 0 Å². The lowest BCUT2D eigenvalue weighted by molar-refractivity contribution is -0.151. The summed E-state index contributed by atoms with van der Waals surface area (Å²) in [5, 5.41) is 44.2. The molecular weight excluding hydrogens is 921 g/mol. The molecule has 2 rings (SSSR count). The Morgan fingerprint density at radius 1 is 0.845 bits per heavy atom. The molecule has 12 N–H and O–H groups in total. The number of nitrogens with one attached hydrogen (secondary N) is 5. The molecule has 1 aromatic rings. The zero-order valence-corrected chi connectivity index (χ0v) is 42.1. The number of likely N-dealkylation sites (N-methyl/N-ethyl adjacent to an activating group) is 2. The summed E-state index contributed by atoms with van der Waals surface area (Å²) in [6.45, 7) is 14.6. The summed E-state index contributed by atoms with van der Waals surface area (Å²) >= 11 is 0. The molecule has 0 aliphatic carbocycles. The molecule has 0 spiro atoms. The maximum Gasteiger partial charge on any atom is 0.327 e. The number of carbonyl (C=O) groups excluding carboxylic acids is 7. The Morgan fingerprint density at radius 3 is 2.03 bits per heavy atom. The number of carboxylic acid groups (broad SMARTS) is 2. The van der Waals surface area contributed by atoms with Crippen LogP contribution in [0.5, 0.6) is 0 Å². The Balaban J connectivity index is 2.76. The van der Waals surface area contributed by atoms with Gasteiger partial charge in [0.2, 0.25) is 35.4 Å². The lowest BCUT2D eigenvalue weighted by Gasteiger charge is -2.31. The summed E-state index contributed by atoms with van der Waals surface area (Å²) < 4.78 is 0. The Morgan fingerprint density at radius 2 is 1.45 bits per heavy atom. The number of benzene rings is 1. The van der Waals surface area contributed by atoms with E-state index in [9.17, 15) is 58.5 Å². The minimum atomic E-state index is -1.89. The number of allylic oxidation sites excluding steroid dienone is 2. The van der Waals surface area contributed by atoms with Gasteiger partial charge in [-0.3, -0.25) is 38.6 Å². The van der Waals surface area contributed by atoms with Gasteiger partial charge in [0, 0.05) is 33.0 Å². The lowest BCUT2D eigenvalue weighted by Crippen LogP contribution is -2.59. The minimum absolute atomic E-state index is 0.000757. The van der Waals surface area contributed by atoms with E-state index in [2.05, 4.69) is 38.2 Å². The third kappa shape index (κ3) is 19.3. The molecule has 7 amide bonds. The van der Waals surface area contributed by atoms with E-state index in [0.29, 0.717) is 12.0 Å². The van der Waals surface area contributed by atoms with Crippen LogP contribution in [0.3, 0.4) is 0 Å². The maximum atomic E-state index is 14.4. The molecule has 1 aliphatic heterocycles. The molecule has 0 bridgehead atoms. The van der Waals surface area contributed by atoms with Crippen molar-refractivity contribution in [2.75, 3.05) is 20.6 Å². The van der Waals surface area contributed by atoms with Gasteiger partial charge in [-0.05, 0) is 57.4 Å². The number of amides is 7. The number of hydrogen-bond acceptors (Lipinski definition) is 11. The summed E-state index contributed by atoms with van der Waals surface area (Å²) in [5.74, 6) is -12.8. The van der Waals surface area contributed by atoms with Gasteiger partial charge in [0.25, 0.3) is 5.91 Å². The van der Waals surface area contributed by atoms with Crippen molar-refractivity contribution < 1.29 is 58.5 Å². The molecule has 0 saturated carbocycles. The quantitative estimate of drug-likeness (QED) is 0.0395. The zero-order chi connectivity index (χ0) is 53.9. The number of nitrogens with two attached hydrogens (primary N) is 2. The first-order valence-electron chi connectivity index (χ1n) is 23.5. The van der Waals surface area contributed by atoms with Crippen molar-refractivity contribution >= 4 is 59.2 Å². The van der Waals surface area contributed by atoms with E-state index in [1.807, 2.05) is 37.3 Å². The van der Waals surface area contributed by atoms with Gasteiger partial charge in [-0.25, -0.2) is 9.59 Å². The average Bonchev–Trinajstić information content (AvgIpc) is 3.30. The summed E-state index contributed by atoms with van der Waals surface area (Å²) in [6, 6.07) is 0.596. The van der Waals surface area contributed by atoms with Gasteiger partial charge in [0.05, 0.1) is 24.0 Å². The summed E-state index contributed by atoms with van der Waals surface area (Å²) in [7, 11) is 2.43. The van der Waals surface area contributed by atoms with Crippen LogP contribution >= 0.6 is 0 Å². The minimum Gasteiger partial charge on any atom is -0.480 e. The highest BCUT2D eigenvalue weighted by atomic mass is 16.4. The van der Waals surface area contributed by atoms with Crippen LogP contribution in [0.2, 0.25) is 0 Å². The largest absolute Gasteiger partial charge is 0.480 e. The molecule has 22 heteroatoms. The molecule has 1 heterocycles. The molecule has 0 radical (unpaired) electrons. The monoisotopic (exact) mass is 995 g/mol. The first-order valence-corrected chi connectivity index (χ1v) is 23.5. The fourth-order valence-corrected chi connectivity index (χ4v) is 7.55. The molecule has 10 unspecified atom stereocenters. The van der Waals surface area contributed by atoms with E-state index in [4.69, 9.17) is 11.5 Å². The van der Waals surface area contributed by atoms with Crippen LogP contribution in [0.15, 0.2) is 71.4 Å². The van der Waals surface area contributed by atoms with E-state index in [1.165, 1.54) is 40.9 Å². The van der Waals surface area contributed by atoms with Crippen molar-refractivity contribution in [3.05, 3.63) is 72.0 Å². The second kappa shape index (κ2) is 28.5. The predicted molar refractivity (Wildman–Crippen MR) is 264 cm³/mol. The van der Waals surface area contributed by atoms with Gasteiger partial charge >= 0.3 is 11.9 Å². The molecule has 10 atom stereocenters. The number of carboxylic acids is 2. The van der Waals surface area contributed by atoms with E-state index < -0.39 is 126 Å². The molecule has 1 saturated heterocycles. The summed E-state index contributed by atoms with van der Waals surface area (Å²) in [6.07, 6.45) is 3.59. The number of rotatable bonds is 14. The van der Waals surface area contributed by atoms with Crippen LogP contribution < -0.4 is 38.1 Å². The fraction of sp³-hybridized carbons (Fsp3) is 0.551. The van der Waals surface area contributed by atoms with Crippen molar-refractivity contribution in [2.24, 2.45) is 40.1 Å². The van der Waals surface area contributed by atoms with Gasteiger partial charge in [0.1, 0.15) is 35.9 Å². The Bertz CT molecular complexity index is 2180. The second-order valence-electron chi connectivity index (χ2n) is 18.5. The van der Waals surface area contributed by atoms with Gasteiger partial charge in [0.15, 0.2) is 5.96 Å². The Kier molecular flexibility index (Phi) is 24.1. The van der Waals surface area contributed by atoms with E-state index in [0.717, 1.165) is 15.4 Å². The van der Waals surface area contributed by atoms with Crippen molar-refractivity contribution in [1.82, 2.24) is 36.4 Å².